The average molecular weight is 447 g/mol. The molecule has 0 radical (unpaired) electrons. The van der Waals surface area contributed by atoms with Crippen molar-refractivity contribution in [3.63, 3.8) is 0 Å². The number of phenolic OH excluding ortho intramolecular Hbond substituents is 3. The second kappa shape index (κ2) is 9.16. The number of ketones is 2. The number of hydrogen-bond donors (Lipinski definition) is 4. The third-order valence-corrected chi connectivity index (χ3v) is 6.63. The molecule has 0 aromatic heterocycles. The zero-order chi connectivity index (χ0) is 24.6. The van der Waals surface area contributed by atoms with E-state index in [9.17, 15) is 30.0 Å². The molecular weight excluding hydrogens is 408 g/mol. The molecule has 4 N–H and O–H groups in total. The quantitative estimate of drug-likeness (QED) is 0.301. The molecular formula is C26H38O6. The van der Waals surface area contributed by atoms with Gasteiger partial charge in [0.15, 0.2) is 11.6 Å². The van der Waals surface area contributed by atoms with Crippen LogP contribution in [-0.2, 0) is 16.0 Å². The molecule has 1 aliphatic carbocycles. The van der Waals surface area contributed by atoms with Crippen LogP contribution in [0.15, 0.2) is 17.4 Å². The minimum atomic E-state index is -1.35. The first-order valence-corrected chi connectivity index (χ1v) is 11.5. The average Bonchev–Trinajstić information content (AvgIpc) is 2.68. The summed E-state index contributed by atoms with van der Waals surface area (Å²) in [6.07, 6.45) is 3.40. The topological polar surface area (TPSA) is 115 Å². The monoisotopic (exact) mass is 446 g/mol. The Bertz CT molecular complexity index is 936. The maximum absolute atomic E-state index is 13.5. The van der Waals surface area contributed by atoms with Crippen molar-refractivity contribution >= 4 is 11.6 Å². The fraction of sp³-hybridized carbons (Fsp3) is 0.615. The predicted molar refractivity (Wildman–Crippen MR) is 124 cm³/mol. The van der Waals surface area contributed by atoms with Crippen molar-refractivity contribution in [2.75, 3.05) is 0 Å². The Kier molecular flexibility index (Phi) is 7.38. The van der Waals surface area contributed by atoms with E-state index in [-0.39, 0.29) is 45.8 Å². The number of aromatic hydroxyl groups is 3. The lowest BCUT2D eigenvalue weighted by Gasteiger charge is -2.41. The number of rotatable bonds is 8. The number of carbonyl (C=O) groups excluding carboxylic acids is 2. The number of aliphatic hydroxyl groups excluding tert-OH is 1. The molecule has 2 rings (SSSR count). The Morgan fingerprint density at radius 1 is 0.906 bits per heavy atom. The van der Waals surface area contributed by atoms with Gasteiger partial charge in [-0.05, 0) is 52.9 Å². The van der Waals surface area contributed by atoms with E-state index in [0.29, 0.717) is 18.4 Å². The smallest absolute Gasteiger partial charge is 0.175 e. The summed E-state index contributed by atoms with van der Waals surface area (Å²) in [5.74, 6) is -2.80. The van der Waals surface area contributed by atoms with Gasteiger partial charge in [-0.3, -0.25) is 9.59 Å². The minimum Gasteiger partial charge on any atom is -0.511 e. The van der Waals surface area contributed by atoms with Crippen LogP contribution in [0.1, 0.15) is 91.2 Å². The van der Waals surface area contributed by atoms with E-state index in [0.717, 1.165) is 19.3 Å². The van der Waals surface area contributed by atoms with Gasteiger partial charge in [-0.25, -0.2) is 0 Å². The first-order valence-electron chi connectivity index (χ1n) is 11.5. The first-order chi connectivity index (χ1) is 14.7. The zero-order valence-corrected chi connectivity index (χ0v) is 20.4. The molecule has 0 heterocycles. The van der Waals surface area contributed by atoms with Crippen LogP contribution in [0.3, 0.4) is 0 Å². The van der Waals surface area contributed by atoms with Crippen molar-refractivity contribution in [3.05, 3.63) is 28.5 Å². The Morgan fingerprint density at radius 3 is 2.03 bits per heavy atom. The lowest BCUT2D eigenvalue weighted by molar-refractivity contribution is -0.144. The highest BCUT2D eigenvalue weighted by Crippen LogP contribution is 2.52. The predicted octanol–water partition coefficient (Wildman–Crippen LogP) is 5.68. The Labute approximate surface area is 191 Å². The molecule has 1 atom stereocenters. The standard InChI is InChI=1S/C26H38O6/c1-8-9-10-11-15-17(27)13-18(28)19(21(15)29)16(12-14(2)3)20-22(30)25(4,5)24(32)26(6,7)23(20)31/h13-14,16,27-30H,8-12H2,1-7H3. The molecule has 0 saturated heterocycles. The molecule has 1 unspecified atom stereocenters. The number of aliphatic hydroxyl groups is 1. The number of carbonyl (C=O) groups is 2. The summed E-state index contributed by atoms with van der Waals surface area (Å²) in [6.45, 7) is 12.2. The van der Waals surface area contributed by atoms with Gasteiger partial charge in [-0.2, -0.15) is 0 Å². The molecule has 6 nitrogen and oxygen atoms in total. The Hall–Kier alpha value is -2.50. The summed E-state index contributed by atoms with van der Waals surface area (Å²) in [7, 11) is 0. The molecule has 6 heteroatoms. The summed E-state index contributed by atoms with van der Waals surface area (Å²) in [4.78, 5) is 26.4. The van der Waals surface area contributed by atoms with Gasteiger partial charge in [0.25, 0.3) is 0 Å². The molecule has 0 aliphatic heterocycles. The number of hydrogen-bond acceptors (Lipinski definition) is 6. The van der Waals surface area contributed by atoms with Crippen molar-refractivity contribution in [2.45, 2.75) is 86.5 Å². The van der Waals surface area contributed by atoms with Crippen LogP contribution in [0, 0.1) is 16.7 Å². The van der Waals surface area contributed by atoms with E-state index in [2.05, 4.69) is 6.92 Å². The van der Waals surface area contributed by atoms with Crippen LogP contribution < -0.4 is 0 Å². The van der Waals surface area contributed by atoms with Crippen molar-refractivity contribution in [3.8, 4) is 17.2 Å². The summed E-state index contributed by atoms with van der Waals surface area (Å²) in [5, 5.41) is 43.4. The van der Waals surface area contributed by atoms with Crippen LogP contribution >= 0.6 is 0 Å². The van der Waals surface area contributed by atoms with Crippen LogP contribution in [-0.4, -0.2) is 32.0 Å². The van der Waals surface area contributed by atoms with Crippen LogP contribution in [0.25, 0.3) is 0 Å². The Morgan fingerprint density at radius 2 is 1.50 bits per heavy atom. The zero-order valence-electron chi connectivity index (χ0n) is 20.4. The van der Waals surface area contributed by atoms with Gasteiger partial charge >= 0.3 is 0 Å². The molecule has 1 aromatic rings. The highest BCUT2D eigenvalue weighted by Gasteiger charge is 2.54. The second-order valence-corrected chi connectivity index (χ2v) is 10.5. The van der Waals surface area contributed by atoms with Crippen LogP contribution in [0.5, 0.6) is 17.2 Å². The third-order valence-electron chi connectivity index (χ3n) is 6.63. The third kappa shape index (κ3) is 4.37. The largest absolute Gasteiger partial charge is 0.511 e. The fourth-order valence-corrected chi connectivity index (χ4v) is 4.79. The van der Waals surface area contributed by atoms with Gasteiger partial charge in [-0.15, -0.1) is 0 Å². The van der Waals surface area contributed by atoms with Gasteiger partial charge in [0, 0.05) is 28.7 Å². The lowest BCUT2D eigenvalue weighted by Crippen LogP contribution is -2.49. The molecule has 0 saturated carbocycles. The molecule has 0 amide bonds. The number of benzene rings is 1. The van der Waals surface area contributed by atoms with Crippen LogP contribution in [0.2, 0.25) is 0 Å². The number of allylic oxidation sites excluding steroid dienone is 2. The number of unbranched alkanes of at least 4 members (excludes halogenated alkanes) is 2. The number of Topliss-reactive ketones (excluding diaryl/α,β-unsaturated/α-hetero) is 2. The lowest BCUT2D eigenvalue weighted by atomic mass is 9.60. The van der Waals surface area contributed by atoms with Gasteiger partial charge in [0.05, 0.1) is 10.8 Å². The van der Waals surface area contributed by atoms with Crippen molar-refractivity contribution in [1.29, 1.82) is 0 Å². The SMILES string of the molecule is CCCCCc1c(O)cc(O)c(C(CC(C)C)C2=C(O)C(C)(C)C(=O)C(C)(C)C2=O)c1O. The van der Waals surface area contributed by atoms with E-state index in [4.69, 9.17) is 0 Å². The maximum Gasteiger partial charge on any atom is 0.175 e. The molecule has 1 aromatic carbocycles. The summed E-state index contributed by atoms with van der Waals surface area (Å²) < 4.78 is 0. The van der Waals surface area contributed by atoms with Gasteiger partial charge in [0.1, 0.15) is 23.0 Å². The normalized spacial score (nSPS) is 19.0. The van der Waals surface area contributed by atoms with E-state index >= 15 is 0 Å². The van der Waals surface area contributed by atoms with Gasteiger partial charge in [0.2, 0.25) is 0 Å². The number of phenols is 3. The Balaban J connectivity index is 2.81. The molecule has 0 spiro atoms. The maximum atomic E-state index is 13.5. The fourth-order valence-electron chi connectivity index (χ4n) is 4.79. The summed E-state index contributed by atoms with van der Waals surface area (Å²) >= 11 is 0. The first kappa shape index (κ1) is 25.8. The highest BCUT2D eigenvalue weighted by atomic mass is 16.3. The van der Waals surface area contributed by atoms with Gasteiger partial charge in [-0.1, -0.05) is 33.6 Å². The highest BCUT2D eigenvalue weighted by molar-refractivity contribution is 6.19. The minimum absolute atomic E-state index is 0.0455. The second-order valence-electron chi connectivity index (χ2n) is 10.5. The summed E-state index contributed by atoms with van der Waals surface area (Å²) in [5.41, 5.74) is -2.17. The van der Waals surface area contributed by atoms with Crippen molar-refractivity contribution < 1.29 is 30.0 Å². The molecule has 1 aliphatic rings. The van der Waals surface area contributed by atoms with E-state index < -0.39 is 22.5 Å². The van der Waals surface area contributed by atoms with E-state index in [1.165, 1.54) is 6.07 Å². The molecule has 0 bridgehead atoms. The molecule has 178 valence electrons. The van der Waals surface area contributed by atoms with E-state index in [1.807, 2.05) is 13.8 Å². The van der Waals surface area contributed by atoms with Crippen molar-refractivity contribution in [1.82, 2.24) is 0 Å². The van der Waals surface area contributed by atoms with E-state index in [1.54, 1.807) is 27.7 Å². The van der Waals surface area contributed by atoms with Crippen LogP contribution in [0.4, 0.5) is 0 Å². The molecule has 32 heavy (non-hydrogen) atoms. The van der Waals surface area contributed by atoms with Crippen molar-refractivity contribution in [2.24, 2.45) is 16.7 Å². The van der Waals surface area contributed by atoms with Gasteiger partial charge < -0.3 is 20.4 Å². The summed E-state index contributed by atoms with van der Waals surface area (Å²) in [6, 6.07) is 1.19. The molecule has 0 fully saturated rings.